The molecule has 0 aliphatic heterocycles. The molecule has 178 valence electrons. The second-order valence-electron chi connectivity index (χ2n) is 6.62. The molecule has 0 heterocycles. The van der Waals surface area contributed by atoms with Gasteiger partial charge in [0, 0.05) is 0 Å². The molecule has 0 saturated heterocycles. The van der Waals surface area contributed by atoms with E-state index in [-0.39, 0.29) is 0 Å². The summed E-state index contributed by atoms with van der Waals surface area (Å²) in [5.74, 6) is 0. The summed E-state index contributed by atoms with van der Waals surface area (Å²) in [6, 6.07) is 26.5. The fourth-order valence-corrected chi connectivity index (χ4v) is 2.88. The lowest BCUT2D eigenvalue weighted by molar-refractivity contribution is 1.10. The minimum Gasteiger partial charge on any atom is -0.0683 e. The Morgan fingerprint density at radius 2 is 0.469 bits per heavy atom. The molecule has 3 aromatic rings. The summed E-state index contributed by atoms with van der Waals surface area (Å²) in [6.45, 7) is 20.7. The highest BCUT2D eigenvalue weighted by atomic mass is 14.0. The van der Waals surface area contributed by atoms with Gasteiger partial charge in [0.2, 0.25) is 0 Å². The van der Waals surface area contributed by atoms with Gasteiger partial charge < -0.3 is 0 Å². The second kappa shape index (κ2) is 21.9. The highest BCUT2D eigenvalue weighted by molar-refractivity contribution is 5.63. The van der Waals surface area contributed by atoms with Gasteiger partial charge in [0.1, 0.15) is 0 Å². The van der Waals surface area contributed by atoms with Crippen LogP contribution in [-0.2, 0) is 25.7 Å². The standard InChI is InChI=1S/C16H18.C10H14.3C2H6/c1-3-13-5-9-15(10-6-13)16-11-7-14(4-2)8-12-16;1-3-9-5-7-10(4-2)8-6-9;3*1-2/h5-12H,3-4H2,1-2H3;5-8H,3-4H2,1-2H3;3*1-2H3. The molecule has 0 amide bonds. The van der Waals surface area contributed by atoms with Crippen LogP contribution in [0.15, 0.2) is 72.8 Å². The molecule has 0 heteroatoms. The molecule has 0 atom stereocenters. The molecule has 0 aromatic heterocycles. The smallest absolute Gasteiger partial charge is 0.0184 e. The number of hydrogen-bond donors (Lipinski definition) is 0. The summed E-state index contributed by atoms with van der Waals surface area (Å²) >= 11 is 0. The van der Waals surface area contributed by atoms with E-state index >= 15 is 0 Å². The van der Waals surface area contributed by atoms with Gasteiger partial charge in [-0.05, 0) is 59.1 Å². The Balaban J connectivity index is 0. The van der Waals surface area contributed by atoms with E-state index in [1.165, 1.54) is 33.4 Å². The van der Waals surface area contributed by atoms with Gasteiger partial charge in [-0.25, -0.2) is 0 Å². The molecule has 0 spiro atoms. The van der Waals surface area contributed by atoms with Crippen molar-refractivity contribution in [2.75, 3.05) is 0 Å². The molecule has 0 bridgehead atoms. The lowest BCUT2D eigenvalue weighted by atomic mass is 10.0. The molecule has 0 aliphatic carbocycles. The normalized spacial score (nSPS) is 8.81. The van der Waals surface area contributed by atoms with Crippen molar-refractivity contribution < 1.29 is 0 Å². The van der Waals surface area contributed by atoms with Crippen molar-refractivity contribution in [2.45, 2.75) is 94.9 Å². The summed E-state index contributed by atoms with van der Waals surface area (Å²) < 4.78 is 0. The zero-order valence-electron chi connectivity index (χ0n) is 22.8. The first-order valence-corrected chi connectivity index (χ1v) is 13.0. The average Bonchev–Trinajstić information content (AvgIpc) is 2.92. The van der Waals surface area contributed by atoms with Crippen molar-refractivity contribution in [3.05, 3.63) is 95.1 Å². The zero-order chi connectivity index (χ0) is 24.8. The molecule has 0 saturated carbocycles. The van der Waals surface area contributed by atoms with Gasteiger partial charge in [0.05, 0.1) is 0 Å². The third kappa shape index (κ3) is 12.5. The van der Waals surface area contributed by atoms with Crippen LogP contribution in [0.1, 0.15) is 91.5 Å². The van der Waals surface area contributed by atoms with Crippen molar-refractivity contribution in [1.82, 2.24) is 0 Å². The fraction of sp³-hybridized carbons (Fsp3) is 0.438. The van der Waals surface area contributed by atoms with E-state index in [4.69, 9.17) is 0 Å². The molecule has 0 nitrogen and oxygen atoms in total. The van der Waals surface area contributed by atoms with Gasteiger partial charge in [0.15, 0.2) is 0 Å². The maximum atomic E-state index is 2.21. The van der Waals surface area contributed by atoms with E-state index in [0.29, 0.717) is 0 Å². The van der Waals surface area contributed by atoms with Gasteiger partial charge in [-0.2, -0.15) is 0 Å². The lowest BCUT2D eigenvalue weighted by Gasteiger charge is -2.04. The third-order valence-corrected chi connectivity index (χ3v) is 4.90. The van der Waals surface area contributed by atoms with Crippen molar-refractivity contribution in [3.63, 3.8) is 0 Å². The molecule has 3 rings (SSSR count). The first-order chi connectivity index (χ1) is 15.7. The Hall–Kier alpha value is -2.34. The average molecular weight is 435 g/mol. The highest BCUT2D eigenvalue weighted by Gasteiger charge is 1.97. The minimum atomic E-state index is 1.11. The summed E-state index contributed by atoms with van der Waals surface area (Å²) in [4.78, 5) is 0. The predicted molar refractivity (Wildman–Crippen MR) is 150 cm³/mol. The number of aryl methyl sites for hydroxylation is 4. The van der Waals surface area contributed by atoms with Crippen molar-refractivity contribution in [2.24, 2.45) is 0 Å². The van der Waals surface area contributed by atoms with Crippen LogP contribution in [0.5, 0.6) is 0 Å². The van der Waals surface area contributed by atoms with Gasteiger partial charge in [0.25, 0.3) is 0 Å². The van der Waals surface area contributed by atoms with Crippen molar-refractivity contribution in [3.8, 4) is 11.1 Å². The Bertz CT molecular complexity index is 678. The van der Waals surface area contributed by atoms with Gasteiger partial charge >= 0.3 is 0 Å². The molecule has 0 unspecified atom stereocenters. The molecule has 0 N–H and O–H groups in total. The summed E-state index contributed by atoms with van der Waals surface area (Å²) in [7, 11) is 0. The van der Waals surface area contributed by atoms with E-state index < -0.39 is 0 Å². The summed E-state index contributed by atoms with van der Waals surface area (Å²) in [5, 5.41) is 0. The zero-order valence-corrected chi connectivity index (χ0v) is 22.8. The van der Waals surface area contributed by atoms with Crippen LogP contribution >= 0.6 is 0 Å². The Morgan fingerprint density at radius 1 is 0.312 bits per heavy atom. The van der Waals surface area contributed by atoms with Crippen LogP contribution in [0, 0.1) is 0 Å². The number of rotatable bonds is 5. The Kier molecular flexibility index (Phi) is 21.8. The van der Waals surface area contributed by atoms with E-state index in [0.717, 1.165) is 25.7 Å². The first kappa shape index (κ1) is 31.8. The van der Waals surface area contributed by atoms with Crippen LogP contribution in [-0.4, -0.2) is 0 Å². The molecule has 32 heavy (non-hydrogen) atoms. The highest BCUT2D eigenvalue weighted by Crippen LogP contribution is 2.20. The summed E-state index contributed by atoms with van der Waals surface area (Å²) in [5.41, 5.74) is 8.26. The fourth-order valence-electron chi connectivity index (χ4n) is 2.88. The van der Waals surface area contributed by atoms with Gasteiger partial charge in [-0.15, -0.1) is 0 Å². The van der Waals surface area contributed by atoms with Crippen LogP contribution in [0.3, 0.4) is 0 Å². The lowest BCUT2D eigenvalue weighted by Crippen LogP contribution is -1.83. The summed E-state index contributed by atoms with van der Waals surface area (Å²) in [6.07, 6.45) is 4.50. The van der Waals surface area contributed by atoms with E-state index in [1.807, 2.05) is 41.5 Å². The molecular formula is C32H50. The van der Waals surface area contributed by atoms with E-state index in [1.54, 1.807) is 0 Å². The van der Waals surface area contributed by atoms with E-state index in [9.17, 15) is 0 Å². The molecular weight excluding hydrogens is 384 g/mol. The second-order valence-corrected chi connectivity index (χ2v) is 6.62. The quantitative estimate of drug-likeness (QED) is 0.374. The largest absolute Gasteiger partial charge is 0.0683 e. The van der Waals surface area contributed by atoms with Crippen LogP contribution in [0.25, 0.3) is 11.1 Å². The Labute approximate surface area is 201 Å². The first-order valence-electron chi connectivity index (χ1n) is 13.0. The molecule has 0 aliphatic rings. The topological polar surface area (TPSA) is 0 Å². The Morgan fingerprint density at radius 3 is 0.625 bits per heavy atom. The maximum absolute atomic E-state index is 2.21. The maximum Gasteiger partial charge on any atom is -0.0184 e. The monoisotopic (exact) mass is 434 g/mol. The van der Waals surface area contributed by atoms with E-state index in [2.05, 4.69) is 100 Å². The minimum absolute atomic E-state index is 1.11. The van der Waals surface area contributed by atoms with Crippen molar-refractivity contribution in [1.29, 1.82) is 0 Å². The van der Waals surface area contributed by atoms with Crippen LogP contribution < -0.4 is 0 Å². The van der Waals surface area contributed by atoms with Crippen LogP contribution in [0.4, 0.5) is 0 Å². The third-order valence-electron chi connectivity index (χ3n) is 4.90. The number of benzene rings is 3. The molecule has 0 fully saturated rings. The predicted octanol–water partition coefficient (Wildman–Crippen LogP) is 10.4. The SMILES string of the molecule is CC.CC.CC.CCc1ccc(-c2ccc(CC)cc2)cc1.CCc1ccc(CC)cc1. The molecule has 3 aromatic carbocycles. The van der Waals surface area contributed by atoms with Crippen molar-refractivity contribution >= 4 is 0 Å². The molecule has 0 radical (unpaired) electrons. The number of hydrogen-bond acceptors (Lipinski definition) is 0. The van der Waals surface area contributed by atoms with Crippen LogP contribution in [0.2, 0.25) is 0 Å². The van der Waals surface area contributed by atoms with Gasteiger partial charge in [-0.1, -0.05) is 142 Å². The van der Waals surface area contributed by atoms with Gasteiger partial charge in [-0.3, -0.25) is 0 Å².